The molecule has 0 aromatic heterocycles. The van der Waals surface area contributed by atoms with Crippen LogP contribution >= 0.6 is 0 Å². The molecule has 5 nitrogen and oxygen atoms in total. The van der Waals surface area contributed by atoms with Crippen LogP contribution in [-0.4, -0.2) is 35.7 Å². The van der Waals surface area contributed by atoms with Gasteiger partial charge in [0.1, 0.15) is 6.04 Å². The van der Waals surface area contributed by atoms with E-state index in [1.807, 2.05) is 12.2 Å². The molecule has 0 aromatic carbocycles. The van der Waals surface area contributed by atoms with Crippen LogP contribution < -0.4 is 5.32 Å². The van der Waals surface area contributed by atoms with Crippen molar-refractivity contribution >= 4 is 17.7 Å². The molecule has 0 radical (unpaired) electrons. The normalized spacial score (nSPS) is 29.2. The number of carbonyl (C=O) groups excluding carboxylic acids is 3. The third kappa shape index (κ3) is 1.75. The maximum atomic E-state index is 12.1. The molecule has 1 heterocycles. The van der Waals surface area contributed by atoms with Gasteiger partial charge < -0.3 is 5.32 Å². The van der Waals surface area contributed by atoms with Gasteiger partial charge in [-0.3, -0.25) is 19.3 Å². The second-order valence-corrected chi connectivity index (χ2v) is 4.49. The van der Waals surface area contributed by atoms with Gasteiger partial charge in [0.2, 0.25) is 17.7 Å². The summed E-state index contributed by atoms with van der Waals surface area (Å²) >= 11 is 0. The number of likely N-dealkylation sites (tertiary alicyclic amines) is 1. The van der Waals surface area contributed by atoms with E-state index >= 15 is 0 Å². The number of rotatable bonds is 2. The van der Waals surface area contributed by atoms with Crippen LogP contribution in [0.2, 0.25) is 0 Å². The van der Waals surface area contributed by atoms with Crippen molar-refractivity contribution in [2.24, 2.45) is 11.8 Å². The van der Waals surface area contributed by atoms with Gasteiger partial charge in [-0.1, -0.05) is 12.2 Å². The van der Waals surface area contributed by atoms with Crippen LogP contribution in [0.15, 0.2) is 12.2 Å². The number of amides is 3. The number of hydrogen-bond acceptors (Lipinski definition) is 3. The molecular formula is C12H16N2O3. The fourth-order valence-corrected chi connectivity index (χ4v) is 2.53. The number of allylic oxidation sites excluding steroid dienone is 2. The lowest BCUT2D eigenvalue weighted by atomic mass is 9.85. The lowest BCUT2D eigenvalue weighted by molar-refractivity contribution is -0.147. The van der Waals surface area contributed by atoms with E-state index in [0.29, 0.717) is 12.8 Å². The molecule has 2 rings (SSSR count). The summed E-state index contributed by atoms with van der Waals surface area (Å²) in [5, 5.41) is 2.46. The summed E-state index contributed by atoms with van der Waals surface area (Å²) in [5.74, 6) is -1.25. The Kier molecular flexibility index (Phi) is 3.00. The van der Waals surface area contributed by atoms with Crippen molar-refractivity contribution in [2.45, 2.75) is 25.8 Å². The molecule has 3 unspecified atom stereocenters. The number of fused-ring (bicyclic) bond motifs is 1. The first-order valence-electron chi connectivity index (χ1n) is 5.81. The molecule has 2 aliphatic rings. The van der Waals surface area contributed by atoms with Crippen LogP contribution in [0.25, 0.3) is 0 Å². The van der Waals surface area contributed by atoms with Crippen molar-refractivity contribution in [2.75, 3.05) is 7.05 Å². The molecule has 3 atom stereocenters. The summed E-state index contributed by atoms with van der Waals surface area (Å²) < 4.78 is 0. The van der Waals surface area contributed by atoms with Gasteiger partial charge in [-0.2, -0.15) is 0 Å². The minimum atomic E-state index is -0.717. The van der Waals surface area contributed by atoms with Crippen LogP contribution in [0.4, 0.5) is 0 Å². The highest BCUT2D eigenvalue weighted by Crippen LogP contribution is 2.35. The van der Waals surface area contributed by atoms with E-state index < -0.39 is 6.04 Å². The highest BCUT2D eigenvalue weighted by Gasteiger charge is 2.49. The summed E-state index contributed by atoms with van der Waals surface area (Å²) in [7, 11) is 1.50. The second-order valence-electron chi connectivity index (χ2n) is 4.49. The number of nitrogens with one attached hydrogen (secondary N) is 1. The molecule has 1 N–H and O–H groups in total. The summed E-state index contributed by atoms with van der Waals surface area (Å²) in [6.45, 7) is 1.58. The van der Waals surface area contributed by atoms with Crippen LogP contribution in [0.3, 0.4) is 0 Å². The Morgan fingerprint density at radius 3 is 2.18 bits per heavy atom. The Bertz CT molecular complexity index is 377. The van der Waals surface area contributed by atoms with Crippen molar-refractivity contribution < 1.29 is 14.4 Å². The van der Waals surface area contributed by atoms with Crippen molar-refractivity contribution in [1.29, 1.82) is 0 Å². The largest absolute Gasteiger partial charge is 0.357 e. The standard InChI is InChI=1S/C12H16N2O3/c1-7(10(15)13-2)14-11(16)8-5-3-4-6-9(8)12(14)17/h3-4,7-9H,5-6H2,1-2H3,(H,13,15). The number of likely N-dealkylation sites (N-methyl/N-ethyl adjacent to an activating group) is 1. The Hall–Kier alpha value is -1.65. The van der Waals surface area contributed by atoms with Crippen LogP contribution in [0.5, 0.6) is 0 Å². The van der Waals surface area contributed by atoms with E-state index in [1.165, 1.54) is 7.05 Å². The maximum absolute atomic E-state index is 12.1. The van der Waals surface area contributed by atoms with Crippen molar-refractivity contribution in [1.82, 2.24) is 10.2 Å². The van der Waals surface area contributed by atoms with Crippen molar-refractivity contribution in [3.05, 3.63) is 12.2 Å². The molecule has 3 amide bonds. The van der Waals surface area contributed by atoms with Gasteiger partial charge in [0.15, 0.2) is 0 Å². The van der Waals surface area contributed by atoms with Gasteiger partial charge in [-0.25, -0.2) is 0 Å². The summed E-state index contributed by atoms with van der Waals surface area (Å²) in [6.07, 6.45) is 5.07. The molecule has 0 spiro atoms. The lowest BCUT2D eigenvalue weighted by Crippen LogP contribution is -2.47. The summed E-state index contributed by atoms with van der Waals surface area (Å²) in [5.41, 5.74) is 0. The van der Waals surface area contributed by atoms with E-state index in [0.717, 1.165) is 4.90 Å². The van der Waals surface area contributed by atoms with Crippen LogP contribution in [0.1, 0.15) is 19.8 Å². The molecule has 1 saturated heterocycles. The van der Waals surface area contributed by atoms with E-state index in [4.69, 9.17) is 0 Å². The molecule has 5 heteroatoms. The van der Waals surface area contributed by atoms with Gasteiger partial charge in [0.25, 0.3) is 0 Å². The van der Waals surface area contributed by atoms with Gasteiger partial charge in [0, 0.05) is 7.05 Å². The SMILES string of the molecule is CNC(=O)C(C)N1C(=O)C2CC=CCC2C1=O. The smallest absolute Gasteiger partial charge is 0.242 e. The highest BCUT2D eigenvalue weighted by molar-refractivity contribution is 6.08. The van der Waals surface area contributed by atoms with Gasteiger partial charge in [-0.15, -0.1) is 0 Å². The summed E-state index contributed by atoms with van der Waals surface area (Å²) in [4.78, 5) is 36.9. The van der Waals surface area contributed by atoms with Gasteiger partial charge in [-0.05, 0) is 19.8 Å². The predicted molar refractivity (Wildman–Crippen MR) is 60.7 cm³/mol. The zero-order valence-electron chi connectivity index (χ0n) is 9.97. The molecular weight excluding hydrogens is 220 g/mol. The minimum Gasteiger partial charge on any atom is -0.357 e. The average molecular weight is 236 g/mol. The maximum Gasteiger partial charge on any atom is 0.242 e. The first-order chi connectivity index (χ1) is 8.07. The zero-order valence-corrected chi connectivity index (χ0v) is 9.97. The van der Waals surface area contributed by atoms with E-state index in [2.05, 4.69) is 5.32 Å². The van der Waals surface area contributed by atoms with Gasteiger partial charge >= 0.3 is 0 Å². The molecule has 17 heavy (non-hydrogen) atoms. The molecule has 92 valence electrons. The third-order valence-electron chi connectivity index (χ3n) is 3.55. The van der Waals surface area contributed by atoms with E-state index in [1.54, 1.807) is 6.92 Å². The number of hydrogen-bond donors (Lipinski definition) is 1. The third-order valence-corrected chi connectivity index (χ3v) is 3.55. The van der Waals surface area contributed by atoms with Crippen LogP contribution in [-0.2, 0) is 14.4 Å². The predicted octanol–water partition coefficient (Wildman–Crippen LogP) is 0.0721. The number of imide groups is 1. The monoisotopic (exact) mass is 236 g/mol. The minimum absolute atomic E-state index is 0.208. The Morgan fingerprint density at radius 2 is 1.76 bits per heavy atom. The van der Waals surface area contributed by atoms with E-state index in [9.17, 15) is 14.4 Å². The topological polar surface area (TPSA) is 66.5 Å². The number of nitrogens with zero attached hydrogens (tertiary/aromatic N) is 1. The summed E-state index contributed by atoms with van der Waals surface area (Å²) in [6, 6.07) is -0.717. The fraction of sp³-hybridized carbons (Fsp3) is 0.583. The quantitative estimate of drug-likeness (QED) is 0.545. The number of carbonyl (C=O) groups is 3. The molecule has 0 aromatic rings. The molecule has 1 aliphatic heterocycles. The Labute approximate surface area is 99.8 Å². The first kappa shape index (κ1) is 11.8. The van der Waals surface area contributed by atoms with Crippen molar-refractivity contribution in [3.8, 4) is 0 Å². The zero-order chi connectivity index (χ0) is 12.6. The lowest BCUT2D eigenvalue weighted by Gasteiger charge is -2.21. The molecule has 0 bridgehead atoms. The van der Waals surface area contributed by atoms with E-state index in [-0.39, 0.29) is 29.6 Å². The van der Waals surface area contributed by atoms with Crippen molar-refractivity contribution in [3.63, 3.8) is 0 Å². The van der Waals surface area contributed by atoms with Crippen LogP contribution in [0, 0.1) is 11.8 Å². The first-order valence-corrected chi connectivity index (χ1v) is 5.81. The second kappa shape index (κ2) is 4.31. The highest BCUT2D eigenvalue weighted by atomic mass is 16.2. The average Bonchev–Trinajstić information content (AvgIpc) is 2.61. The molecule has 0 saturated carbocycles. The molecule has 1 aliphatic carbocycles. The molecule has 1 fully saturated rings. The van der Waals surface area contributed by atoms with Gasteiger partial charge in [0.05, 0.1) is 11.8 Å². The fourth-order valence-electron chi connectivity index (χ4n) is 2.53. The Balaban J connectivity index is 2.23. The Morgan fingerprint density at radius 1 is 1.29 bits per heavy atom.